The second kappa shape index (κ2) is 5.83. The highest BCUT2D eigenvalue weighted by Crippen LogP contribution is 2.18. The Morgan fingerprint density at radius 1 is 1.12 bits per heavy atom. The van der Waals surface area contributed by atoms with E-state index in [0.29, 0.717) is 0 Å². The molecule has 1 nitrogen and oxygen atoms in total. The average Bonchev–Trinajstić information content (AvgIpc) is 2.75. The summed E-state index contributed by atoms with van der Waals surface area (Å²) in [6.45, 7) is 1.06. The molecule has 1 heterocycles. The van der Waals surface area contributed by atoms with Gasteiger partial charge in [0, 0.05) is 4.88 Å². The van der Waals surface area contributed by atoms with Gasteiger partial charge in [0.1, 0.15) is 0 Å². The SMILES string of the molecule is CNCCc1cc(Cc2ccccc2)cs1. The van der Waals surface area contributed by atoms with Gasteiger partial charge >= 0.3 is 0 Å². The van der Waals surface area contributed by atoms with Crippen LogP contribution in [0, 0.1) is 0 Å². The zero-order chi connectivity index (χ0) is 11.2. The van der Waals surface area contributed by atoms with Gasteiger partial charge in [-0.3, -0.25) is 0 Å². The number of hydrogen-bond acceptors (Lipinski definition) is 2. The molecule has 0 unspecified atom stereocenters. The van der Waals surface area contributed by atoms with Gasteiger partial charge in [-0.25, -0.2) is 0 Å². The molecule has 2 heteroatoms. The third kappa shape index (κ3) is 3.19. The molecule has 84 valence electrons. The molecule has 0 fully saturated rings. The molecule has 0 atom stereocenters. The van der Waals surface area contributed by atoms with E-state index < -0.39 is 0 Å². The molecule has 2 rings (SSSR count). The minimum atomic E-state index is 1.05. The van der Waals surface area contributed by atoms with Gasteiger partial charge in [0.05, 0.1) is 0 Å². The van der Waals surface area contributed by atoms with Crippen molar-refractivity contribution >= 4 is 11.3 Å². The molecule has 0 radical (unpaired) electrons. The van der Waals surface area contributed by atoms with Crippen molar-refractivity contribution in [2.45, 2.75) is 12.8 Å². The first kappa shape index (κ1) is 11.4. The maximum atomic E-state index is 3.18. The molecule has 0 aliphatic carbocycles. The van der Waals surface area contributed by atoms with Crippen LogP contribution in [0.4, 0.5) is 0 Å². The van der Waals surface area contributed by atoms with Crippen molar-refractivity contribution in [1.82, 2.24) is 5.32 Å². The molecule has 1 aromatic heterocycles. The Hall–Kier alpha value is -1.12. The lowest BCUT2D eigenvalue weighted by atomic mass is 10.1. The van der Waals surface area contributed by atoms with E-state index in [1.807, 2.05) is 18.4 Å². The van der Waals surface area contributed by atoms with Crippen LogP contribution in [-0.4, -0.2) is 13.6 Å². The first-order valence-electron chi connectivity index (χ1n) is 5.63. The fraction of sp³-hybridized carbons (Fsp3) is 0.286. The zero-order valence-electron chi connectivity index (χ0n) is 9.57. The summed E-state index contributed by atoms with van der Waals surface area (Å²) in [6, 6.07) is 13.0. The summed E-state index contributed by atoms with van der Waals surface area (Å²) in [6.07, 6.45) is 2.19. The van der Waals surface area contributed by atoms with E-state index in [1.165, 1.54) is 16.0 Å². The molecule has 0 amide bonds. The fourth-order valence-corrected chi connectivity index (χ4v) is 2.62. The van der Waals surface area contributed by atoms with Crippen LogP contribution in [-0.2, 0) is 12.8 Å². The van der Waals surface area contributed by atoms with Gasteiger partial charge in [-0.1, -0.05) is 30.3 Å². The normalized spacial score (nSPS) is 10.6. The van der Waals surface area contributed by atoms with Crippen LogP contribution in [0.15, 0.2) is 41.8 Å². The Balaban J connectivity index is 1.97. The van der Waals surface area contributed by atoms with Crippen LogP contribution in [0.2, 0.25) is 0 Å². The standard InChI is InChI=1S/C14H17NS/c1-15-8-7-14-10-13(11-16-14)9-12-5-3-2-4-6-12/h2-6,10-11,15H,7-9H2,1H3. The summed E-state index contributed by atoms with van der Waals surface area (Å²) in [5.74, 6) is 0. The Labute approximate surface area is 101 Å². The minimum absolute atomic E-state index is 1.05. The monoisotopic (exact) mass is 231 g/mol. The van der Waals surface area contributed by atoms with Gasteiger partial charge in [-0.05, 0) is 49.0 Å². The highest BCUT2D eigenvalue weighted by molar-refractivity contribution is 7.10. The van der Waals surface area contributed by atoms with Gasteiger partial charge in [0.2, 0.25) is 0 Å². The van der Waals surface area contributed by atoms with E-state index in [4.69, 9.17) is 0 Å². The quantitative estimate of drug-likeness (QED) is 0.834. The Morgan fingerprint density at radius 2 is 1.94 bits per heavy atom. The molecule has 1 aromatic carbocycles. The molecule has 0 aliphatic rings. The van der Waals surface area contributed by atoms with Crippen molar-refractivity contribution in [1.29, 1.82) is 0 Å². The number of hydrogen-bond donors (Lipinski definition) is 1. The van der Waals surface area contributed by atoms with E-state index >= 15 is 0 Å². The van der Waals surface area contributed by atoms with Gasteiger partial charge in [-0.15, -0.1) is 11.3 Å². The van der Waals surface area contributed by atoms with Gasteiger partial charge < -0.3 is 5.32 Å². The summed E-state index contributed by atoms with van der Waals surface area (Å²) in [5, 5.41) is 5.46. The van der Waals surface area contributed by atoms with Gasteiger partial charge in [-0.2, -0.15) is 0 Å². The zero-order valence-corrected chi connectivity index (χ0v) is 10.4. The molecule has 0 bridgehead atoms. The van der Waals surface area contributed by atoms with Gasteiger partial charge in [0.25, 0.3) is 0 Å². The van der Waals surface area contributed by atoms with E-state index in [0.717, 1.165) is 19.4 Å². The predicted octanol–water partition coefficient (Wildman–Crippen LogP) is 3.10. The molecule has 1 N–H and O–H groups in total. The lowest BCUT2D eigenvalue weighted by Gasteiger charge is -1.97. The Morgan fingerprint density at radius 3 is 2.69 bits per heavy atom. The summed E-state index contributed by atoms with van der Waals surface area (Å²) >= 11 is 1.87. The molecule has 0 saturated carbocycles. The maximum Gasteiger partial charge on any atom is 0.00608 e. The minimum Gasteiger partial charge on any atom is -0.319 e. The van der Waals surface area contributed by atoms with Crippen molar-refractivity contribution < 1.29 is 0 Å². The van der Waals surface area contributed by atoms with E-state index in [-0.39, 0.29) is 0 Å². The third-order valence-corrected chi connectivity index (χ3v) is 3.63. The molecule has 2 aromatic rings. The van der Waals surface area contributed by atoms with Crippen LogP contribution >= 0.6 is 11.3 Å². The Kier molecular flexibility index (Phi) is 4.14. The summed E-state index contributed by atoms with van der Waals surface area (Å²) in [7, 11) is 2.00. The molecule has 16 heavy (non-hydrogen) atoms. The fourth-order valence-electron chi connectivity index (χ4n) is 1.73. The van der Waals surface area contributed by atoms with Crippen molar-refractivity contribution in [2.75, 3.05) is 13.6 Å². The van der Waals surface area contributed by atoms with Crippen molar-refractivity contribution in [3.8, 4) is 0 Å². The first-order chi connectivity index (χ1) is 7.88. The summed E-state index contributed by atoms with van der Waals surface area (Å²) in [4.78, 5) is 1.47. The van der Waals surface area contributed by atoms with E-state index in [1.54, 1.807) is 0 Å². The number of benzene rings is 1. The van der Waals surface area contributed by atoms with E-state index in [2.05, 4.69) is 47.1 Å². The topological polar surface area (TPSA) is 12.0 Å². The second-order valence-corrected chi connectivity index (χ2v) is 4.93. The van der Waals surface area contributed by atoms with Crippen LogP contribution < -0.4 is 5.32 Å². The van der Waals surface area contributed by atoms with Gasteiger partial charge in [0.15, 0.2) is 0 Å². The molecular weight excluding hydrogens is 214 g/mol. The number of likely N-dealkylation sites (N-methyl/N-ethyl adjacent to an activating group) is 1. The summed E-state index contributed by atoms with van der Waals surface area (Å²) in [5.41, 5.74) is 2.82. The largest absolute Gasteiger partial charge is 0.319 e. The molecular formula is C14H17NS. The highest BCUT2D eigenvalue weighted by atomic mass is 32.1. The highest BCUT2D eigenvalue weighted by Gasteiger charge is 2.00. The lowest BCUT2D eigenvalue weighted by Crippen LogP contribution is -2.09. The molecule has 0 spiro atoms. The first-order valence-corrected chi connectivity index (χ1v) is 6.51. The smallest absolute Gasteiger partial charge is 0.00608 e. The number of nitrogens with one attached hydrogen (secondary N) is 1. The molecule has 0 aliphatic heterocycles. The van der Waals surface area contributed by atoms with Crippen LogP contribution in [0.25, 0.3) is 0 Å². The molecule has 0 saturated heterocycles. The van der Waals surface area contributed by atoms with Crippen LogP contribution in [0.5, 0.6) is 0 Å². The van der Waals surface area contributed by atoms with Crippen molar-refractivity contribution in [3.05, 3.63) is 57.8 Å². The number of thiophene rings is 1. The second-order valence-electron chi connectivity index (χ2n) is 3.94. The number of rotatable bonds is 5. The maximum absolute atomic E-state index is 3.18. The van der Waals surface area contributed by atoms with Crippen LogP contribution in [0.1, 0.15) is 16.0 Å². The summed E-state index contributed by atoms with van der Waals surface area (Å²) < 4.78 is 0. The van der Waals surface area contributed by atoms with Crippen LogP contribution in [0.3, 0.4) is 0 Å². The Bertz CT molecular complexity index is 419. The predicted molar refractivity (Wildman–Crippen MR) is 71.2 cm³/mol. The lowest BCUT2D eigenvalue weighted by molar-refractivity contribution is 0.799. The third-order valence-electron chi connectivity index (χ3n) is 2.58. The van der Waals surface area contributed by atoms with E-state index in [9.17, 15) is 0 Å². The van der Waals surface area contributed by atoms with Crippen molar-refractivity contribution in [2.24, 2.45) is 0 Å². The average molecular weight is 231 g/mol. The van der Waals surface area contributed by atoms with Crippen molar-refractivity contribution in [3.63, 3.8) is 0 Å².